The van der Waals surface area contributed by atoms with E-state index in [1.165, 1.54) is 0 Å². The summed E-state index contributed by atoms with van der Waals surface area (Å²) in [5, 5.41) is 8.55. The van der Waals surface area contributed by atoms with E-state index in [1.807, 2.05) is 36.4 Å². The molecule has 1 aliphatic heterocycles. The number of para-hydroxylation sites is 1. The smallest absolute Gasteiger partial charge is 0.275 e. The molecule has 23 heavy (non-hydrogen) atoms. The van der Waals surface area contributed by atoms with E-state index < -0.39 is 0 Å². The van der Waals surface area contributed by atoms with Crippen molar-refractivity contribution < 1.29 is 9.53 Å². The molecular formula is C17H14ClN3O2. The van der Waals surface area contributed by atoms with Crippen LogP contribution < -0.4 is 4.74 Å². The highest BCUT2D eigenvalue weighted by Gasteiger charge is 2.24. The molecule has 0 saturated carbocycles. The second-order valence-electron chi connectivity index (χ2n) is 5.45. The van der Waals surface area contributed by atoms with Crippen molar-refractivity contribution in [2.75, 3.05) is 13.2 Å². The third-order valence-corrected chi connectivity index (χ3v) is 4.20. The quantitative estimate of drug-likeness (QED) is 0.746. The number of hydrogen-bond acceptors (Lipinski definition) is 3. The summed E-state index contributed by atoms with van der Waals surface area (Å²) in [4.78, 5) is 14.6. The van der Waals surface area contributed by atoms with Crippen LogP contribution in [0.2, 0.25) is 5.02 Å². The highest BCUT2D eigenvalue weighted by atomic mass is 35.5. The minimum atomic E-state index is -0.112. The molecule has 4 rings (SSSR count). The lowest BCUT2D eigenvalue weighted by atomic mass is 10.1. The topological polar surface area (TPSA) is 58.2 Å². The molecule has 5 nitrogen and oxygen atoms in total. The number of fused-ring (bicyclic) bond motifs is 2. The summed E-state index contributed by atoms with van der Waals surface area (Å²) in [6.07, 6.45) is 0. The second-order valence-corrected chi connectivity index (χ2v) is 5.88. The minimum Gasteiger partial charge on any atom is -0.491 e. The fourth-order valence-electron chi connectivity index (χ4n) is 2.81. The number of carbonyl (C=O) groups is 1. The molecule has 0 unspecified atom stereocenters. The van der Waals surface area contributed by atoms with Gasteiger partial charge in [0.05, 0.1) is 12.1 Å². The Morgan fingerprint density at radius 3 is 3.04 bits per heavy atom. The molecular weight excluding hydrogens is 314 g/mol. The van der Waals surface area contributed by atoms with Crippen LogP contribution in [0.1, 0.15) is 16.1 Å². The van der Waals surface area contributed by atoms with Gasteiger partial charge in [-0.05, 0) is 24.3 Å². The van der Waals surface area contributed by atoms with Crippen LogP contribution in [-0.2, 0) is 6.54 Å². The molecule has 0 aliphatic carbocycles. The van der Waals surface area contributed by atoms with Crippen LogP contribution >= 0.6 is 11.6 Å². The molecule has 0 atom stereocenters. The van der Waals surface area contributed by atoms with E-state index in [1.54, 1.807) is 11.0 Å². The summed E-state index contributed by atoms with van der Waals surface area (Å²) in [5.74, 6) is 0.662. The highest BCUT2D eigenvalue weighted by Crippen LogP contribution is 2.27. The molecule has 1 amide bonds. The van der Waals surface area contributed by atoms with Crippen molar-refractivity contribution in [2.45, 2.75) is 6.54 Å². The van der Waals surface area contributed by atoms with Gasteiger partial charge in [-0.3, -0.25) is 9.89 Å². The lowest BCUT2D eigenvalue weighted by molar-refractivity contribution is 0.0729. The number of aromatic amines is 1. The molecule has 116 valence electrons. The van der Waals surface area contributed by atoms with Gasteiger partial charge in [0.25, 0.3) is 5.91 Å². The van der Waals surface area contributed by atoms with E-state index in [9.17, 15) is 4.79 Å². The minimum absolute atomic E-state index is 0.112. The Hall–Kier alpha value is -2.53. The van der Waals surface area contributed by atoms with E-state index in [4.69, 9.17) is 16.3 Å². The van der Waals surface area contributed by atoms with Gasteiger partial charge in [-0.15, -0.1) is 0 Å². The third kappa shape index (κ3) is 2.53. The summed E-state index contributed by atoms with van der Waals surface area (Å²) in [7, 11) is 0. The van der Waals surface area contributed by atoms with E-state index in [2.05, 4.69) is 10.2 Å². The monoisotopic (exact) mass is 327 g/mol. The standard InChI is InChI=1S/C17H14ClN3O2/c18-12-5-6-15-11(9-12)10-21(7-8-23-15)17(22)16-13-3-1-2-4-14(13)19-20-16/h1-6,9H,7-8,10H2,(H,19,20). The molecule has 0 bridgehead atoms. The number of rotatable bonds is 1. The first-order valence-electron chi connectivity index (χ1n) is 7.36. The Morgan fingerprint density at radius 1 is 1.26 bits per heavy atom. The predicted octanol–water partition coefficient (Wildman–Crippen LogP) is 3.25. The third-order valence-electron chi connectivity index (χ3n) is 3.96. The summed E-state index contributed by atoms with van der Waals surface area (Å²) >= 11 is 6.06. The van der Waals surface area contributed by atoms with Crippen LogP contribution in [0, 0.1) is 0 Å². The summed E-state index contributed by atoms with van der Waals surface area (Å²) in [6.45, 7) is 1.41. The van der Waals surface area contributed by atoms with Gasteiger partial charge in [-0.1, -0.05) is 29.8 Å². The molecule has 0 saturated heterocycles. The van der Waals surface area contributed by atoms with Crippen LogP contribution in [0.3, 0.4) is 0 Å². The van der Waals surface area contributed by atoms with Gasteiger partial charge in [0.15, 0.2) is 5.69 Å². The fourth-order valence-corrected chi connectivity index (χ4v) is 3.01. The summed E-state index contributed by atoms with van der Waals surface area (Å²) < 4.78 is 5.71. The number of benzene rings is 2. The Balaban J connectivity index is 1.68. The number of carbonyl (C=O) groups excluding carboxylic acids is 1. The largest absolute Gasteiger partial charge is 0.491 e. The molecule has 1 aromatic heterocycles. The van der Waals surface area contributed by atoms with Gasteiger partial charge in [-0.25, -0.2) is 0 Å². The number of nitrogens with one attached hydrogen (secondary N) is 1. The molecule has 0 fully saturated rings. The van der Waals surface area contributed by atoms with Gasteiger partial charge in [0.1, 0.15) is 12.4 Å². The van der Waals surface area contributed by atoms with Gasteiger partial charge in [0, 0.05) is 22.5 Å². The van der Waals surface area contributed by atoms with Crippen LogP contribution in [0.15, 0.2) is 42.5 Å². The van der Waals surface area contributed by atoms with Gasteiger partial charge >= 0.3 is 0 Å². The average molecular weight is 328 g/mol. The van der Waals surface area contributed by atoms with E-state index in [-0.39, 0.29) is 5.91 Å². The highest BCUT2D eigenvalue weighted by molar-refractivity contribution is 6.30. The van der Waals surface area contributed by atoms with Crippen molar-refractivity contribution in [3.63, 3.8) is 0 Å². The Kier molecular flexibility index (Phi) is 3.42. The fraction of sp³-hybridized carbons (Fsp3) is 0.176. The van der Waals surface area contributed by atoms with E-state index in [0.29, 0.717) is 30.4 Å². The maximum absolute atomic E-state index is 12.9. The molecule has 0 radical (unpaired) electrons. The number of halogens is 1. The van der Waals surface area contributed by atoms with Crippen molar-refractivity contribution >= 4 is 28.4 Å². The van der Waals surface area contributed by atoms with E-state index in [0.717, 1.165) is 22.2 Å². The van der Waals surface area contributed by atoms with Crippen LogP contribution in [0.25, 0.3) is 10.9 Å². The van der Waals surface area contributed by atoms with Crippen molar-refractivity contribution in [1.29, 1.82) is 0 Å². The molecule has 2 heterocycles. The zero-order valence-corrected chi connectivity index (χ0v) is 13.0. The molecule has 3 aromatic rings. The van der Waals surface area contributed by atoms with Crippen molar-refractivity contribution in [1.82, 2.24) is 15.1 Å². The molecule has 1 N–H and O–H groups in total. The zero-order chi connectivity index (χ0) is 15.8. The molecule has 0 spiro atoms. The van der Waals surface area contributed by atoms with Crippen LogP contribution in [-0.4, -0.2) is 34.2 Å². The number of H-pyrrole nitrogens is 1. The Morgan fingerprint density at radius 2 is 2.13 bits per heavy atom. The molecule has 1 aliphatic rings. The molecule has 6 heteroatoms. The lowest BCUT2D eigenvalue weighted by Gasteiger charge is -2.18. The number of hydrogen-bond donors (Lipinski definition) is 1. The van der Waals surface area contributed by atoms with E-state index >= 15 is 0 Å². The summed E-state index contributed by atoms with van der Waals surface area (Å²) in [5.41, 5.74) is 2.19. The average Bonchev–Trinajstić information content (AvgIpc) is 2.87. The second kappa shape index (κ2) is 5.59. The van der Waals surface area contributed by atoms with Crippen LogP contribution in [0.5, 0.6) is 5.75 Å². The normalized spacial score (nSPS) is 14.2. The number of aromatic nitrogens is 2. The zero-order valence-electron chi connectivity index (χ0n) is 12.3. The lowest BCUT2D eigenvalue weighted by Crippen LogP contribution is -2.32. The number of amides is 1. The van der Waals surface area contributed by atoms with Crippen molar-refractivity contribution in [2.24, 2.45) is 0 Å². The first kappa shape index (κ1) is 14.1. The van der Waals surface area contributed by atoms with Gasteiger partial charge < -0.3 is 9.64 Å². The predicted molar refractivity (Wildman–Crippen MR) is 87.8 cm³/mol. The van der Waals surface area contributed by atoms with Crippen molar-refractivity contribution in [3.8, 4) is 5.75 Å². The van der Waals surface area contributed by atoms with Gasteiger partial charge in [0.2, 0.25) is 0 Å². The first-order chi connectivity index (χ1) is 11.2. The summed E-state index contributed by atoms with van der Waals surface area (Å²) in [6, 6.07) is 13.1. The maximum Gasteiger partial charge on any atom is 0.275 e. The van der Waals surface area contributed by atoms with Crippen molar-refractivity contribution in [3.05, 3.63) is 58.7 Å². The van der Waals surface area contributed by atoms with Crippen LogP contribution in [0.4, 0.5) is 0 Å². The Labute approximate surface area is 137 Å². The molecule has 2 aromatic carbocycles. The first-order valence-corrected chi connectivity index (χ1v) is 7.74. The number of ether oxygens (including phenoxy) is 1. The Bertz CT molecular complexity index is 890. The van der Waals surface area contributed by atoms with Gasteiger partial charge in [-0.2, -0.15) is 5.10 Å². The number of nitrogens with zero attached hydrogens (tertiary/aromatic N) is 2. The SMILES string of the molecule is O=C(c1n[nH]c2ccccc12)N1CCOc2ccc(Cl)cc2C1. The maximum atomic E-state index is 12.9.